The topological polar surface area (TPSA) is 98.7 Å². The summed E-state index contributed by atoms with van der Waals surface area (Å²) in [5, 5.41) is 13.4. The van der Waals surface area contributed by atoms with E-state index in [1.165, 1.54) is 11.0 Å². The molecule has 1 aliphatic rings. The first-order valence-corrected chi connectivity index (χ1v) is 5.01. The number of nitrogens with two attached hydrogens (primary N) is 1. The summed E-state index contributed by atoms with van der Waals surface area (Å²) >= 11 is 0. The van der Waals surface area contributed by atoms with Crippen LogP contribution >= 0.6 is 0 Å². The number of carbonyl (C=O) groups excluding carboxylic acids is 1. The third-order valence-electron chi connectivity index (χ3n) is 2.61. The van der Waals surface area contributed by atoms with Crippen LogP contribution in [0.25, 0.3) is 0 Å². The van der Waals surface area contributed by atoms with Gasteiger partial charge < -0.3 is 11.1 Å². The molecule has 7 heteroatoms. The van der Waals surface area contributed by atoms with Gasteiger partial charge in [-0.2, -0.15) is 0 Å². The quantitative estimate of drug-likeness (QED) is 0.644. The molecule has 2 unspecified atom stereocenters. The minimum absolute atomic E-state index is 0.0859. The Morgan fingerprint density at radius 3 is 3.07 bits per heavy atom. The summed E-state index contributed by atoms with van der Waals surface area (Å²) in [5.74, 6) is -0.0929. The molecule has 3 N–H and O–H groups in total. The number of nitrogens with one attached hydrogen (secondary N) is 1. The van der Waals surface area contributed by atoms with E-state index in [1.54, 1.807) is 0 Å². The lowest BCUT2D eigenvalue weighted by Gasteiger charge is -2.16. The summed E-state index contributed by atoms with van der Waals surface area (Å²) in [4.78, 5) is 11.5. The zero-order chi connectivity index (χ0) is 10.7. The summed E-state index contributed by atoms with van der Waals surface area (Å²) in [5.41, 5.74) is 5.84. The minimum atomic E-state index is -0.0929. The van der Waals surface area contributed by atoms with Gasteiger partial charge in [0.2, 0.25) is 5.91 Å². The predicted molar refractivity (Wildman–Crippen MR) is 51.6 cm³/mol. The van der Waals surface area contributed by atoms with Crippen molar-refractivity contribution < 1.29 is 4.79 Å². The van der Waals surface area contributed by atoms with Crippen molar-refractivity contribution in [3.63, 3.8) is 0 Å². The average Bonchev–Trinajstić information content (AvgIpc) is 2.79. The van der Waals surface area contributed by atoms with Crippen LogP contribution in [0.5, 0.6) is 0 Å². The van der Waals surface area contributed by atoms with Crippen molar-refractivity contribution in [2.75, 3.05) is 0 Å². The molecular formula is C8H14N6O. The van der Waals surface area contributed by atoms with Gasteiger partial charge in [-0.1, -0.05) is 0 Å². The number of nitrogens with zero attached hydrogens (tertiary/aromatic N) is 4. The van der Waals surface area contributed by atoms with Gasteiger partial charge in [0, 0.05) is 12.1 Å². The summed E-state index contributed by atoms with van der Waals surface area (Å²) in [6, 6.07) is 0.191. The second-order valence-corrected chi connectivity index (χ2v) is 3.78. The highest BCUT2D eigenvalue weighted by Crippen LogP contribution is 2.16. The van der Waals surface area contributed by atoms with Gasteiger partial charge in [0.15, 0.2) is 0 Å². The Kier molecular flexibility index (Phi) is 2.91. The molecule has 7 nitrogen and oxygen atoms in total. The molecule has 0 spiro atoms. The first kappa shape index (κ1) is 10.0. The standard InChI is InChI=1S/C8H14N6O/c9-6-2-1-3-7(6)11-8(15)4-14-5-10-12-13-14/h5-7H,1-4,9H2,(H,11,15). The fraction of sp³-hybridized carbons (Fsp3) is 0.750. The van der Waals surface area contributed by atoms with Crippen molar-refractivity contribution in [1.82, 2.24) is 25.5 Å². The molecule has 1 aromatic heterocycles. The normalized spacial score (nSPS) is 25.4. The zero-order valence-electron chi connectivity index (χ0n) is 8.33. The Bertz CT molecular complexity index is 324. The molecule has 2 rings (SSSR count). The number of hydrogen-bond donors (Lipinski definition) is 2. The Morgan fingerprint density at radius 2 is 2.47 bits per heavy atom. The van der Waals surface area contributed by atoms with Gasteiger partial charge >= 0.3 is 0 Å². The van der Waals surface area contributed by atoms with Crippen molar-refractivity contribution in [1.29, 1.82) is 0 Å². The van der Waals surface area contributed by atoms with E-state index in [0.29, 0.717) is 0 Å². The minimum Gasteiger partial charge on any atom is -0.350 e. The van der Waals surface area contributed by atoms with E-state index in [9.17, 15) is 4.79 Å². The summed E-state index contributed by atoms with van der Waals surface area (Å²) < 4.78 is 1.38. The van der Waals surface area contributed by atoms with Crippen molar-refractivity contribution in [2.45, 2.75) is 37.9 Å². The van der Waals surface area contributed by atoms with E-state index < -0.39 is 0 Å². The highest BCUT2D eigenvalue weighted by Gasteiger charge is 2.25. The van der Waals surface area contributed by atoms with Crippen LogP contribution in [0.15, 0.2) is 6.33 Å². The van der Waals surface area contributed by atoms with Gasteiger partial charge in [0.05, 0.1) is 0 Å². The van der Waals surface area contributed by atoms with Gasteiger partial charge in [0.1, 0.15) is 12.9 Å². The average molecular weight is 210 g/mol. The first-order chi connectivity index (χ1) is 7.25. The van der Waals surface area contributed by atoms with Crippen LogP contribution in [0.4, 0.5) is 0 Å². The molecule has 1 saturated carbocycles. The molecule has 15 heavy (non-hydrogen) atoms. The van der Waals surface area contributed by atoms with E-state index in [0.717, 1.165) is 19.3 Å². The van der Waals surface area contributed by atoms with Gasteiger partial charge in [-0.05, 0) is 29.7 Å². The predicted octanol–water partition coefficient (Wildman–Crippen LogP) is -1.33. The Labute approximate surface area is 87.0 Å². The first-order valence-electron chi connectivity index (χ1n) is 5.01. The van der Waals surface area contributed by atoms with Gasteiger partial charge in [-0.3, -0.25) is 4.79 Å². The van der Waals surface area contributed by atoms with Crippen LogP contribution < -0.4 is 11.1 Å². The van der Waals surface area contributed by atoms with Crippen molar-refractivity contribution in [3.8, 4) is 0 Å². The lowest BCUT2D eigenvalue weighted by atomic mass is 10.2. The molecule has 1 amide bonds. The van der Waals surface area contributed by atoms with Crippen molar-refractivity contribution >= 4 is 5.91 Å². The van der Waals surface area contributed by atoms with Crippen molar-refractivity contribution in [2.24, 2.45) is 5.73 Å². The smallest absolute Gasteiger partial charge is 0.242 e. The Balaban J connectivity index is 1.82. The Hall–Kier alpha value is -1.50. The third-order valence-corrected chi connectivity index (χ3v) is 2.61. The monoisotopic (exact) mass is 210 g/mol. The van der Waals surface area contributed by atoms with Crippen LogP contribution in [0.3, 0.4) is 0 Å². The lowest BCUT2D eigenvalue weighted by molar-refractivity contribution is -0.122. The number of tetrazole rings is 1. The van der Waals surface area contributed by atoms with Crippen LogP contribution in [0.2, 0.25) is 0 Å². The SMILES string of the molecule is NC1CCCC1NC(=O)Cn1cnnn1. The van der Waals surface area contributed by atoms with Gasteiger partial charge in [-0.15, -0.1) is 5.10 Å². The molecule has 1 fully saturated rings. The fourth-order valence-electron chi connectivity index (χ4n) is 1.82. The van der Waals surface area contributed by atoms with Crippen LogP contribution in [0.1, 0.15) is 19.3 Å². The number of carbonyl (C=O) groups is 1. The summed E-state index contributed by atoms with van der Waals surface area (Å²) in [6.45, 7) is 0.149. The van der Waals surface area contributed by atoms with Crippen LogP contribution in [0, 0.1) is 0 Å². The molecule has 1 aliphatic carbocycles. The highest BCUT2D eigenvalue weighted by atomic mass is 16.2. The molecule has 0 aromatic carbocycles. The second kappa shape index (κ2) is 4.35. The highest BCUT2D eigenvalue weighted by molar-refractivity contribution is 5.76. The molecular weight excluding hydrogens is 196 g/mol. The fourth-order valence-corrected chi connectivity index (χ4v) is 1.82. The maximum atomic E-state index is 11.5. The van der Waals surface area contributed by atoms with Gasteiger partial charge in [0.25, 0.3) is 0 Å². The Morgan fingerprint density at radius 1 is 1.60 bits per heavy atom. The van der Waals surface area contributed by atoms with E-state index in [-0.39, 0.29) is 24.5 Å². The molecule has 1 aromatic rings. The molecule has 0 bridgehead atoms. The van der Waals surface area contributed by atoms with E-state index in [2.05, 4.69) is 20.8 Å². The van der Waals surface area contributed by atoms with E-state index in [1.807, 2.05) is 0 Å². The van der Waals surface area contributed by atoms with Crippen molar-refractivity contribution in [3.05, 3.63) is 6.33 Å². The number of aromatic nitrogens is 4. The second-order valence-electron chi connectivity index (χ2n) is 3.78. The maximum absolute atomic E-state index is 11.5. The van der Waals surface area contributed by atoms with E-state index in [4.69, 9.17) is 5.73 Å². The summed E-state index contributed by atoms with van der Waals surface area (Å²) in [6.07, 6.45) is 4.43. The number of hydrogen-bond acceptors (Lipinski definition) is 5. The van der Waals surface area contributed by atoms with E-state index >= 15 is 0 Å². The van der Waals surface area contributed by atoms with Crippen LogP contribution in [-0.4, -0.2) is 38.2 Å². The van der Waals surface area contributed by atoms with Gasteiger partial charge in [-0.25, -0.2) is 4.68 Å². The maximum Gasteiger partial charge on any atom is 0.242 e. The van der Waals surface area contributed by atoms with Crippen LogP contribution in [-0.2, 0) is 11.3 Å². The lowest BCUT2D eigenvalue weighted by Crippen LogP contribution is -2.45. The molecule has 0 aliphatic heterocycles. The molecule has 82 valence electrons. The third kappa shape index (κ3) is 2.50. The summed E-state index contributed by atoms with van der Waals surface area (Å²) in [7, 11) is 0. The molecule has 2 atom stereocenters. The molecule has 0 saturated heterocycles. The largest absolute Gasteiger partial charge is 0.350 e. The molecule has 1 heterocycles. The molecule has 0 radical (unpaired) electrons. The zero-order valence-corrected chi connectivity index (χ0v) is 8.33. The number of amides is 1. The number of rotatable bonds is 3.